The van der Waals surface area contributed by atoms with Crippen molar-refractivity contribution < 1.29 is 8.42 Å². The molecule has 2 aromatic rings. The summed E-state index contributed by atoms with van der Waals surface area (Å²) in [5.74, 6) is 0. The molecule has 0 aliphatic heterocycles. The number of halogens is 3. The fraction of sp³-hybridized carbons (Fsp3) is 0. The number of rotatable bonds is 3. The summed E-state index contributed by atoms with van der Waals surface area (Å²) < 4.78 is 28.4. The number of hydrogen-bond donors (Lipinski definition) is 0. The third-order valence-corrected chi connectivity index (χ3v) is 4.91. The molecule has 0 aliphatic carbocycles. The molecule has 0 spiro atoms. The quantitative estimate of drug-likeness (QED) is 0.718. The standard InChI is InChI=1S/C13H8BrCl2NO2S/c14-10-2-4-11(5-3-10)20(18,19)17-8-9-1-6-12(15)13(16)7-9/h1-8H. The van der Waals surface area contributed by atoms with Gasteiger partial charge >= 0.3 is 0 Å². The molecule has 20 heavy (non-hydrogen) atoms. The highest BCUT2D eigenvalue weighted by Gasteiger charge is 2.11. The summed E-state index contributed by atoms with van der Waals surface area (Å²) in [5.41, 5.74) is 0.556. The highest BCUT2D eigenvalue weighted by atomic mass is 79.9. The molecule has 0 aromatic heterocycles. The Labute approximate surface area is 135 Å². The normalized spacial score (nSPS) is 11.9. The van der Waals surface area contributed by atoms with Crippen molar-refractivity contribution in [2.75, 3.05) is 0 Å². The zero-order chi connectivity index (χ0) is 14.8. The Kier molecular flexibility index (Phi) is 4.86. The van der Waals surface area contributed by atoms with Gasteiger partial charge in [-0.15, -0.1) is 0 Å². The first-order valence-corrected chi connectivity index (χ1v) is 8.38. The van der Waals surface area contributed by atoms with Crippen molar-refractivity contribution in [3.8, 4) is 0 Å². The molecular weight excluding hydrogens is 385 g/mol. The van der Waals surface area contributed by atoms with Crippen LogP contribution in [0.1, 0.15) is 5.56 Å². The minimum atomic E-state index is -3.73. The summed E-state index contributed by atoms with van der Waals surface area (Å²) in [6, 6.07) is 11.0. The summed E-state index contributed by atoms with van der Waals surface area (Å²) in [7, 11) is -3.73. The Hall–Kier alpha value is -0.880. The maximum atomic E-state index is 12.0. The Morgan fingerprint density at radius 1 is 1.00 bits per heavy atom. The molecule has 104 valence electrons. The zero-order valence-corrected chi connectivity index (χ0v) is 13.8. The van der Waals surface area contributed by atoms with Crippen molar-refractivity contribution in [3.63, 3.8) is 0 Å². The van der Waals surface area contributed by atoms with Crippen molar-refractivity contribution in [3.05, 3.63) is 62.5 Å². The van der Waals surface area contributed by atoms with E-state index >= 15 is 0 Å². The lowest BCUT2D eigenvalue weighted by atomic mass is 10.2. The molecule has 0 atom stereocenters. The van der Waals surface area contributed by atoms with Gasteiger partial charge in [0.15, 0.2) is 0 Å². The fourth-order valence-electron chi connectivity index (χ4n) is 1.39. The van der Waals surface area contributed by atoms with E-state index < -0.39 is 10.0 Å². The Bertz CT molecular complexity index is 758. The second kappa shape index (κ2) is 6.26. The second-order valence-corrected chi connectivity index (χ2v) is 7.20. The van der Waals surface area contributed by atoms with Crippen LogP contribution in [0.2, 0.25) is 10.0 Å². The maximum Gasteiger partial charge on any atom is 0.282 e. The zero-order valence-electron chi connectivity index (χ0n) is 9.92. The van der Waals surface area contributed by atoms with Crippen LogP contribution in [0.5, 0.6) is 0 Å². The molecule has 0 heterocycles. The monoisotopic (exact) mass is 391 g/mol. The Morgan fingerprint density at radius 3 is 2.25 bits per heavy atom. The first-order chi connectivity index (χ1) is 9.38. The van der Waals surface area contributed by atoms with Crippen LogP contribution in [-0.4, -0.2) is 14.6 Å². The van der Waals surface area contributed by atoms with Crippen LogP contribution in [0.25, 0.3) is 0 Å². The summed E-state index contributed by atoms with van der Waals surface area (Å²) in [6.45, 7) is 0. The van der Waals surface area contributed by atoms with Gasteiger partial charge in [0.2, 0.25) is 0 Å². The largest absolute Gasteiger partial charge is 0.282 e. The van der Waals surface area contributed by atoms with Crippen molar-refractivity contribution in [2.45, 2.75) is 4.90 Å². The first-order valence-electron chi connectivity index (χ1n) is 5.39. The fourth-order valence-corrected chi connectivity index (χ4v) is 2.82. The van der Waals surface area contributed by atoms with Gasteiger partial charge in [-0.1, -0.05) is 45.2 Å². The minimum absolute atomic E-state index is 0.122. The molecule has 0 saturated heterocycles. The predicted molar refractivity (Wildman–Crippen MR) is 85.4 cm³/mol. The first kappa shape index (κ1) is 15.5. The molecule has 3 nitrogen and oxygen atoms in total. The summed E-state index contributed by atoms with van der Waals surface area (Å²) in [5, 5.41) is 0.747. The molecule has 7 heteroatoms. The highest BCUT2D eigenvalue weighted by Crippen LogP contribution is 2.22. The lowest BCUT2D eigenvalue weighted by Crippen LogP contribution is -1.97. The third-order valence-electron chi connectivity index (χ3n) is 2.40. The molecule has 0 bridgehead atoms. The van der Waals surface area contributed by atoms with Crippen LogP contribution in [0, 0.1) is 0 Å². The average molecular weight is 393 g/mol. The Morgan fingerprint density at radius 2 is 1.65 bits per heavy atom. The van der Waals surface area contributed by atoms with Crippen LogP contribution < -0.4 is 0 Å². The van der Waals surface area contributed by atoms with E-state index in [1.807, 2.05) is 0 Å². The molecule has 0 amide bonds. The van der Waals surface area contributed by atoms with E-state index in [1.165, 1.54) is 18.3 Å². The SMILES string of the molecule is O=S(=O)(N=Cc1ccc(Cl)c(Cl)c1)c1ccc(Br)cc1. The van der Waals surface area contributed by atoms with Gasteiger partial charge in [-0.3, -0.25) is 0 Å². The number of sulfonamides is 1. The van der Waals surface area contributed by atoms with Gasteiger partial charge in [0.05, 0.1) is 14.9 Å². The van der Waals surface area contributed by atoms with Gasteiger partial charge in [0.1, 0.15) is 0 Å². The van der Waals surface area contributed by atoms with Crippen molar-refractivity contribution >= 4 is 55.4 Å². The van der Waals surface area contributed by atoms with E-state index in [9.17, 15) is 8.42 Å². The Balaban J connectivity index is 2.29. The molecule has 0 N–H and O–H groups in total. The van der Waals surface area contributed by atoms with Crippen LogP contribution >= 0.6 is 39.1 Å². The molecule has 0 aliphatic rings. The lowest BCUT2D eigenvalue weighted by Gasteiger charge is -2.00. The van der Waals surface area contributed by atoms with Gasteiger partial charge in [-0.05, 0) is 42.0 Å². The van der Waals surface area contributed by atoms with Crippen LogP contribution in [-0.2, 0) is 10.0 Å². The molecular formula is C13H8BrCl2NO2S. The van der Waals surface area contributed by atoms with Crippen LogP contribution in [0.4, 0.5) is 0 Å². The van der Waals surface area contributed by atoms with Crippen molar-refractivity contribution in [1.82, 2.24) is 0 Å². The maximum absolute atomic E-state index is 12.0. The third kappa shape index (κ3) is 3.82. The second-order valence-electron chi connectivity index (χ2n) is 3.84. The summed E-state index contributed by atoms with van der Waals surface area (Å²) >= 11 is 14.9. The summed E-state index contributed by atoms with van der Waals surface area (Å²) in [4.78, 5) is 0.122. The van der Waals surface area contributed by atoms with E-state index in [2.05, 4.69) is 20.3 Å². The molecule has 0 radical (unpaired) electrons. The number of benzene rings is 2. The van der Waals surface area contributed by atoms with Gasteiger partial charge in [0.25, 0.3) is 10.0 Å². The van der Waals surface area contributed by atoms with Crippen molar-refractivity contribution in [1.29, 1.82) is 0 Å². The van der Waals surface area contributed by atoms with Crippen LogP contribution in [0.3, 0.4) is 0 Å². The van der Waals surface area contributed by atoms with Crippen LogP contribution in [0.15, 0.2) is 56.2 Å². The van der Waals surface area contributed by atoms with E-state index in [1.54, 1.807) is 30.3 Å². The summed E-state index contributed by atoms with van der Waals surface area (Å²) in [6.07, 6.45) is 1.24. The lowest BCUT2D eigenvalue weighted by molar-refractivity contribution is 0.598. The highest BCUT2D eigenvalue weighted by molar-refractivity contribution is 9.10. The van der Waals surface area contributed by atoms with E-state index in [-0.39, 0.29) is 4.90 Å². The topological polar surface area (TPSA) is 46.5 Å². The van der Waals surface area contributed by atoms with E-state index in [0.29, 0.717) is 15.6 Å². The van der Waals surface area contributed by atoms with E-state index in [0.717, 1.165) is 4.47 Å². The molecule has 0 fully saturated rings. The van der Waals surface area contributed by atoms with Gasteiger partial charge in [-0.2, -0.15) is 12.8 Å². The predicted octanol–water partition coefficient (Wildman–Crippen LogP) is 4.56. The van der Waals surface area contributed by atoms with E-state index in [4.69, 9.17) is 23.2 Å². The molecule has 2 aromatic carbocycles. The van der Waals surface area contributed by atoms with Gasteiger partial charge in [0, 0.05) is 10.7 Å². The molecule has 2 rings (SSSR count). The number of hydrogen-bond acceptors (Lipinski definition) is 2. The number of nitrogens with zero attached hydrogens (tertiary/aromatic N) is 1. The minimum Gasteiger partial charge on any atom is -0.199 e. The van der Waals surface area contributed by atoms with Crippen molar-refractivity contribution in [2.24, 2.45) is 4.40 Å². The molecule has 0 unspecified atom stereocenters. The average Bonchev–Trinajstić information content (AvgIpc) is 2.41. The van der Waals surface area contributed by atoms with Gasteiger partial charge < -0.3 is 0 Å². The smallest absolute Gasteiger partial charge is 0.199 e. The molecule has 0 saturated carbocycles. The van der Waals surface area contributed by atoms with Gasteiger partial charge in [-0.25, -0.2) is 0 Å².